The summed E-state index contributed by atoms with van der Waals surface area (Å²) in [5.74, 6) is 1.47. The van der Waals surface area contributed by atoms with Gasteiger partial charge in [-0.1, -0.05) is 0 Å². The molecule has 2 aromatic rings. The summed E-state index contributed by atoms with van der Waals surface area (Å²) in [5, 5.41) is 0. The molecule has 0 radical (unpaired) electrons. The lowest BCUT2D eigenvalue weighted by Crippen LogP contribution is -2.40. The highest BCUT2D eigenvalue weighted by Gasteiger charge is 2.31. The number of alkyl halides is 3. The zero-order valence-electron chi connectivity index (χ0n) is 13.4. The molecule has 8 heteroatoms. The van der Waals surface area contributed by atoms with Crippen LogP contribution in [-0.4, -0.2) is 30.5 Å². The van der Waals surface area contributed by atoms with Crippen LogP contribution in [0.3, 0.4) is 0 Å². The highest BCUT2D eigenvalue weighted by Crippen LogP contribution is 2.29. The first kappa shape index (κ1) is 17.3. The van der Waals surface area contributed by atoms with Crippen molar-refractivity contribution in [1.29, 1.82) is 0 Å². The van der Waals surface area contributed by atoms with Crippen LogP contribution in [0.1, 0.15) is 12.8 Å². The largest absolute Gasteiger partial charge is 0.573 e. The molecule has 2 heterocycles. The maximum atomic E-state index is 12.2. The van der Waals surface area contributed by atoms with E-state index in [1.165, 1.54) is 24.3 Å². The van der Waals surface area contributed by atoms with Crippen molar-refractivity contribution < 1.29 is 22.6 Å². The third-order valence-corrected chi connectivity index (χ3v) is 3.87. The maximum Gasteiger partial charge on any atom is 0.573 e. The Hall–Kier alpha value is -2.48. The second kappa shape index (κ2) is 7.18. The molecule has 1 aliphatic rings. The summed E-state index contributed by atoms with van der Waals surface area (Å²) in [4.78, 5) is 6.48. The Kier molecular flexibility index (Phi) is 4.98. The van der Waals surface area contributed by atoms with E-state index < -0.39 is 6.36 Å². The number of nitrogens with zero attached hydrogens (tertiary/aromatic N) is 2. The van der Waals surface area contributed by atoms with E-state index in [9.17, 15) is 13.2 Å². The number of anilines is 1. The minimum Gasteiger partial charge on any atom is -0.457 e. The molecule has 1 fully saturated rings. The van der Waals surface area contributed by atoms with Crippen LogP contribution < -0.4 is 20.1 Å². The first-order valence-corrected chi connectivity index (χ1v) is 7.89. The van der Waals surface area contributed by atoms with Gasteiger partial charge in [0.2, 0.25) is 0 Å². The lowest BCUT2D eigenvalue weighted by Gasteiger charge is -2.31. The number of pyridine rings is 1. The highest BCUT2D eigenvalue weighted by molar-refractivity contribution is 5.45. The van der Waals surface area contributed by atoms with Gasteiger partial charge in [-0.2, -0.15) is 0 Å². The van der Waals surface area contributed by atoms with Gasteiger partial charge in [-0.3, -0.25) is 0 Å². The second-order valence-electron chi connectivity index (χ2n) is 5.80. The minimum atomic E-state index is -4.71. The number of hydrogen-bond donors (Lipinski definition) is 1. The van der Waals surface area contributed by atoms with E-state index in [-0.39, 0.29) is 11.8 Å². The highest BCUT2D eigenvalue weighted by atomic mass is 19.4. The first-order valence-electron chi connectivity index (χ1n) is 7.89. The number of hydrogen-bond acceptors (Lipinski definition) is 5. The van der Waals surface area contributed by atoms with Crippen molar-refractivity contribution >= 4 is 5.82 Å². The summed E-state index contributed by atoms with van der Waals surface area (Å²) in [5.41, 5.74) is 5.91. The molecule has 0 spiro atoms. The zero-order chi connectivity index (χ0) is 17.9. The smallest absolute Gasteiger partial charge is 0.457 e. The van der Waals surface area contributed by atoms with Crippen LogP contribution in [0.25, 0.3) is 0 Å². The molecule has 2 N–H and O–H groups in total. The Morgan fingerprint density at radius 3 is 2.28 bits per heavy atom. The Morgan fingerprint density at radius 2 is 1.64 bits per heavy atom. The van der Waals surface area contributed by atoms with Gasteiger partial charge in [0.15, 0.2) is 0 Å². The van der Waals surface area contributed by atoms with Crippen molar-refractivity contribution in [2.24, 2.45) is 5.73 Å². The van der Waals surface area contributed by atoms with Gasteiger partial charge >= 0.3 is 6.36 Å². The predicted molar refractivity (Wildman–Crippen MR) is 86.9 cm³/mol. The average Bonchev–Trinajstić information content (AvgIpc) is 2.56. The molecule has 1 saturated heterocycles. The fourth-order valence-corrected chi connectivity index (χ4v) is 2.61. The summed E-state index contributed by atoms with van der Waals surface area (Å²) in [6.07, 6.45) is -1.25. The molecule has 1 aromatic heterocycles. The van der Waals surface area contributed by atoms with Crippen molar-refractivity contribution in [2.75, 3.05) is 18.0 Å². The van der Waals surface area contributed by atoms with Gasteiger partial charge in [-0.25, -0.2) is 4.98 Å². The van der Waals surface area contributed by atoms with Crippen molar-refractivity contribution in [2.45, 2.75) is 25.2 Å². The molecular formula is C17H18F3N3O2. The fourth-order valence-electron chi connectivity index (χ4n) is 2.61. The monoisotopic (exact) mass is 353 g/mol. The molecule has 0 aliphatic carbocycles. The number of ether oxygens (including phenoxy) is 2. The van der Waals surface area contributed by atoms with Crippen LogP contribution in [0.15, 0.2) is 42.6 Å². The lowest BCUT2D eigenvalue weighted by atomic mass is 10.1. The predicted octanol–water partition coefficient (Wildman–Crippen LogP) is 3.70. The van der Waals surface area contributed by atoms with Crippen LogP contribution in [0.4, 0.5) is 19.0 Å². The number of halogens is 3. The van der Waals surface area contributed by atoms with Crippen LogP contribution in [0.2, 0.25) is 0 Å². The van der Waals surface area contributed by atoms with Gasteiger partial charge in [-0.05, 0) is 43.2 Å². The fraction of sp³-hybridized carbons (Fsp3) is 0.353. The molecule has 25 heavy (non-hydrogen) atoms. The second-order valence-corrected chi connectivity index (χ2v) is 5.80. The maximum absolute atomic E-state index is 12.2. The van der Waals surface area contributed by atoms with E-state index in [4.69, 9.17) is 10.5 Å². The topological polar surface area (TPSA) is 60.6 Å². The Labute approximate surface area is 143 Å². The van der Waals surface area contributed by atoms with Crippen molar-refractivity contribution in [3.8, 4) is 17.2 Å². The quantitative estimate of drug-likeness (QED) is 0.908. The summed E-state index contributed by atoms with van der Waals surface area (Å²) < 4.78 is 46.0. The van der Waals surface area contributed by atoms with E-state index >= 15 is 0 Å². The molecule has 1 aliphatic heterocycles. The van der Waals surface area contributed by atoms with E-state index in [1.54, 1.807) is 18.3 Å². The van der Waals surface area contributed by atoms with E-state index in [2.05, 4.69) is 14.6 Å². The number of benzene rings is 1. The normalized spacial score (nSPS) is 15.9. The van der Waals surface area contributed by atoms with Gasteiger partial charge in [-0.15, -0.1) is 13.2 Å². The lowest BCUT2D eigenvalue weighted by molar-refractivity contribution is -0.274. The number of nitrogens with two attached hydrogens (primary N) is 1. The van der Waals surface area contributed by atoms with Gasteiger partial charge in [0, 0.05) is 31.4 Å². The number of rotatable bonds is 4. The van der Waals surface area contributed by atoms with E-state index in [0.29, 0.717) is 11.5 Å². The molecule has 0 atom stereocenters. The summed E-state index contributed by atoms with van der Waals surface area (Å²) in [7, 11) is 0. The van der Waals surface area contributed by atoms with Gasteiger partial charge in [0.1, 0.15) is 23.1 Å². The number of piperidine rings is 1. The molecule has 0 saturated carbocycles. The molecule has 5 nitrogen and oxygen atoms in total. The number of aromatic nitrogens is 1. The van der Waals surface area contributed by atoms with E-state index in [0.717, 1.165) is 31.7 Å². The van der Waals surface area contributed by atoms with Crippen LogP contribution in [0, 0.1) is 0 Å². The summed E-state index contributed by atoms with van der Waals surface area (Å²) >= 11 is 0. The standard InChI is InChI=1S/C17H18F3N3O2/c18-17(19,20)25-14-3-1-13(2-4-14)24-15-5-8-22-16(11-15)23-9-6-12(21)7-10-23/h1-5,8,11-12H,6-7,9-10,21H2. The molecular weight excluding hydrogens is 335 g/mol. The van der Waals surface area contributed by atoms with E-state index in [1.807, 2.05) is 0 Å². The zero-order valence-corrected chi connectivity index (χ0v) is 13.4. The Morgan fingerprint density at radius 1 is 1.00 bits per heavy atom. The molecule has 3 rings (SSSR count). The molecule has 0 amide bonds. The van der Waals surface area contributed by atoms with Crippen molar-refractivity contribution in [1.82, 2.24) is 4.98 Å². The summed E-state index contributed by atoms with van der Waals surface area (Å²) in [6, 6.07) is 8.97. The van der Waals surface area contributed by atoms with Gasteiger partial charge in [0.25, 0.3) is 0 Å². The summed E-state index contributed by atoms with van der Waals surface area (Å²) in [6.45, 7) is 1.67. The SMILES string of the molecule is NC1CCN(c2cc(Oc3ccc(OC(F)(F)F)cc3)ccn2)CC1. The molecule has 1 aromatic carbocycles. The molecule has 0 bridgehead atoms. The minimum absolute atomic E-state index is 0.230. The first-order chi connectivity index (χ1) is 11.9. The Bertz CT molecular complexity index is 699. The third kappa shape index (κ3) is 4.99. The molecule has 0 unspecified atom stereocenters. The molecule has 134 valence electrons. The average molecular weight is 353 g/mol. The van der Waals surface area contributed by atoms with Gasteiger partial charge in [0.05, 0.1) is 0 Å². The van der Waals surface area contributed by atoms with Crippen LogP contribution in [-0.2, 0) is 0 Å². The van der Waals surface area contributed by atoms with Crippen molar-refractivity contribution in [3.05, 3.63) is 42.6 Å². The third-order valence-electron chi connectivity index (χ3n) is 3.87. The van der Waals surface area contributed by atoms with Crippen molar-refractivity contribution in [3.63, 3.8) is 0 Å². The van der Waals surface area contributed by atoms with Crippen LogP contribution >= 0.6 is 0 Å². The van der Waals surface area contributed by atoms with Crippen LogP contribution in [0.5, 0.6) is 17.2 Å². The van der Waals surface area contributed by atoms with Gasteiger partial charge < -0.3 is 20.1 Å². The Balaban J connectivity index is 1.66.